The van der Waals surface area contributed by atoms with Crippen LogP contribution in [0.1, 0.15) is 24.9 Å². The van der Waals surface area contributed by atoms with E-state index in [1.54, 1.807) is 6.92 Å². The zero-order valence-corrected chi connectivity index (χ0v) is 8.78. The van der Waals surface area contributed by atoms with Crippen LogP contribution in [0, 0.1) is 17.6 Å². The molecule has 0 aliphatic carbocycles. The first-order valence-electron chi connectivity index (χ1n) is 4.90. The molecule has 0 saturated heterocycles. The monoisotopic (exact) mass is 229 g/mol. The van der Waals surface area contributed by atoms with Gasteiger partial charge in [-0.1, -0.05) is 13.0 Å². The molecule has 5 heteroatoms. The van der Waals surface area contributed by atoms with Crippen LogP contribution in [0.2, 0.25) is 0 Å². The molecule has 88 valence electrons. The van der Waals surface area contributed by atoms with Crippen molar-refractivity contribution in [3.63, 3.8) is 0 Å². The minimum atomic E-state index is -1.08. The topological polar surface area (TPSA) is 63.3 Å². The van der Waals surface area contributed by atoms with Crippen molar-refractivity contribution in [2.45, 2.75) is 19.4 Å². The second-order valence-corrected chi connectivity index (χ2v) is 3.54. The number of carboxylic acid groups (broad SMARTS) is 1. The van der Waals surface area contributed by atoms with Crippen LogP contribution in [0.3, 0.4) is 0 Å². The van der Waals surface area contributed by atoms with Crippen LogP contribution in [0.15, 0.2) is 18.2 Å². The van der Waals surface area contributed by atoms with Gasteiger partial charge < -0.3 is 10.8 Å². The van der Waals surface area contributed by atoms with E-state index >= 15 is 0 Å². The van der Waals surface area contributed by atoms with Gasteiger partial charge in [0.1, 0.15) is 11.6 Å². The van der Waals surface area contributed by atoms with Crippen molar-refractivity contribution in [3.8, 4) is 0 Å². The Balaban J connectivity index is 3.03. The first kappa shape index (κ1) is 12.6. The van der Waals surface area contributed by atoms with Gasteiger partial charge in [-0.15, -0.1) is 0 Å². The van der Waals surface area contributed by atoms with Crippen LogP contribution >= 0.6 is 0 Å². The zero-order chi connectivity index (χ0) is 12.3. The lowest BCUT2D eigenvalue weighted by atomic mass is 9.91. The standard InChI is InChI=1S/C11H13F2NO2/c1-2-7(11(15)16)10(14)8-4-3-6(12)5-9(8)13/h3-5,7,10H,2,14H2,1H3,(H,15,16). The molecule has 0 aromatic heterocycles. The van der Waals surface area contributed by atoms with Crippen LogP contribution in [0.5, 0.6) is 0 Å². The van der Waals surface area contributed by atoms with Gasteiger partial charge in [0, 0.05) is 17.7 Å². The van der Waals surface area contributed by atoms with Crippen molar-refractivity contribution in [1.82, 2.24) is 0 Å². The molecule has 0 bridgehead atoms. The third-order valence-electron chi connectivity index (χ3n) is 2.51. The molecule has 0 saturated carbocycles. The second-order valence-electron chi connectivity index (χ2n) is 3.54. The molecule has 2 atom stereocenters. The number of halogens is 2. The van der Waals surface area contributed by atoms with Gasteiger partial charge in [-0.05, 0) is 12.5 Å². The average Bonchev–Trinajstić information content (AvgIpc) is 2.17. The van der Waals surface area contributed by atoms with Gasteiger partial charge in [-0.25, -0.2) is 8.78 Å². The molecule has 0 spiro atoms. The van der Waals surface area contributed by atoms with E-state index in [1.807, 2.05) is 0 Å². The summed E-state index contributed by atoms with van der Waals surface area (Å²) in [6.45, 7) is 1.65. The van der Waals surface area contributed by atoms with Gasteiger partial charge in [0.15, 0.2) is 0 Å². The van der Waals surface area contributed by atoms with Crippen LogP contribution < -0.4 is 5.73 Å². The zero-order valence-electron chi connectivity index (χ0n) is 8.78. The summed E-state index contributed by atoms with van der Waals surface area (Å²) in [5.74, 6) is -3.48. The van der Waals surface area contributed by atoms with Crippen LogP contribution in [0.4, 0.5) is 8.78 Å². The Hall–Kier alpha value is -1.49. The van der Waals surface area contributed by atoms with E-state index < -0.39 is 29.6 Å². The number of rotatable bonds is 4. The summed E-state index contributed by atoms with van der Waals surface area (Å²) in [4.78, 5) is 10.8. The molecule has 0 heterocycles. The van der Waals surface area contributed by atoms with E-state index in [0.29, 0.717) is 6.07 Å². The summed E-state index contributed by atoms with van der Waals surface area (Å²) in [7, 11) is 0. The molecule has 0 amide bonds. The Kier molecular flexibility index (Phi) is 3.95. The number of carbonyl (C=O) groups is 1. The number of nitrogens with two attached hydrogens (primary N) is 1. The van der Waals surface area contributed by atoms with E-state index in [9.17, 15) is 13.6 Å². The molecule has 16 heavy (non-hydrogen) atoms. The molecule has 1 aromatic rings. The second kappa shape index (κ2) is 5.03. The van der Waals surface area contributed by atoms with Gasteiger partial charge in [0.25, 0.3) is 0 Å². The smallest absolute Gasteiger partial charge is 0.308 e. The minimum Gasteiger partial charge on any atom is -0.481 e. The molecule has 3 nitrogen and oxygen atoms in total. The fourth-order valence-corrected chi connectivity index (χ4v) is 1.57. The number of benzene rings is 1. The SMILES string of the molecule is CCC(C(=O)O)C(N)c1ccc(F)cc1F. The highest BCUT2D eigenvalue weighted by molar-refractivity contribution is 5.71. The predicted octanol–water partition coefficient (Wildman–Crippen LogP) is 2.08. The van der Waals surface area contributed by atoms with Gasteiger partial charge >= 0.3 is 5.97 Å². The first-order valence-corrected chi connectivity index (χ1v) is 4.90. The molecule has 0 fully saturated rings. The van der Waals surface area contributed by atoms with Gasteiger partial charge in [-0.3, -0.25) is 4.79 Å². The summed E-state index contributed by atoms with van der Waals surface area (Å²) < 4.78 is 26.0. The summed E-state index contributed by atoms with van der Waals surface area (Å²) in [6, 6.07) is 1.97. The number of aliphatic carboxylic acids is 1. The largest absolute Gasteiger partial charge is 0.481 e. The van der Waals surface area contributed by atoms with Crippen LogP contribution in [0.25, 0.3) is 0 Å². The highest BCUT2D eigenvalue weighted by atomic mass is 19.1. The van der Waals surface area contributed by atoms with E-state index in [0.717, 1.165) is 6.07 Å². The number of carboxylic acids is 1. The molecule has 2 unspecified atom stereocenters. The van der Waals surface area contributed by atoms with Crippen LogP contribution in [-0.2, 0) is 4.79 Å². The van der Waals surface area contributed by atoms with Crippen molar-refractivity contribution >= 4 is 5.97 Å². The normalized spacial score (nSPS) is 14.5. The van der Waals surface area contributed by atoms with E-state index in [-0.39, 0.29) is 12.0 Å². The van der Waals surface area contributed by atoms with E-state index in [2.05, 4.69) is 0 Å². The lowest BCUT2D eigenvalue weighted by molar-refractivity contribution is -0.142. The van der Waals surface area contributed by atoms with Crippen LogP contribution in [-0.4, -0.2) is 11.1 Å². The molecular weight excluding hydrogens is 216 g/mol. The maximum atomic E-state index is 13.3. The molecule has 0 aliphatic heterocycles. The predicted molar refractivity (Wildman–Crippen MR) is 54.7 cm³/mol. The molecular formula is C11H13F2NO2. The Bertz CT molecular complexity index is 396. The quantitative estimate of drug-likeness (QED) is 0.830. The fraction of sp³-hybridized carbons (Fsp3) is 0.364. The number of hydrogen-bond acceptors (Lipinski definition) is 2. The van der Waals surface area contributed by atoms with Crippen molar-refractivity contribution < 1.29 is 18.7 Å². The highest BCUT2D eigenvalue weighted by Gasteiger charge is 2.26. The Morgan fingerprint density at radius 3 is 2.56 bits per heavy atom. The van der Waals surface area contributed by atoms with E-state index in [1.165, 1.54) is 6.07 Å². The molecule has 1 aromatic carbocycles. The first-order chi connectivity index (χ1) is 7.47. The lowest BCUT2D eigenvalue weighted by Gasteiger charge is -2.19. The van der Waals surface area contributed by atoms with Crippen molar-refractivity contribution in [1.29, 1.82) is 0 Å². The van der Waals surface area contributed by atoms with Gasteiger partial charge in [0.2, 0.25) is 0 Å². The lowest BCUT2D eigenvalue weighted by Crippen LogP contribution is -2.28. The molecule has 1 rings (SSSR count). The van der Waals surface area contributed by atoms with Gasteiger partial charge in [0.05, 0.1) is 5.92 Å². The highest BCUT2D eigenvalue weighted by Crippen LogP contribution is 2.25. The molecule has 3 N–H and O–H groups in total. The maximum absolute atomic E-state index is 13.3. The third kappa shape index (κ3) is 2.55. The minimum absolute atomic E-state index is 0.0238. The third-order valence-corrected chi connectivity index (χ3v) is 2.51. The van der Waals surface area contributed by atoms with Gasteiger partial charge in [-0.2, -0.15) is 0 Å². The molecule has 0 radical (unpaired) electrons. The Morgan fingerprint density at radius 1 is 1.50 bits per heavy atom. The number of hydrogen-bond donors (Lipinski definition) is 2. The Morgan fingerprint density at radius 2 is 2.12 bits per heavy atom. The average molecular weight is 229 g/mol. The summed E-state index contributed by atoms with van der Waals surface area (Å²) in [5.41, 5.74) is 5.68. The fourth-order valence-electron chi connectivity index (χ4n) is 1.57. The van der Waals surface area contributed by atoms with E-state index in [4.69, 9.17) is 10.8 Å². The molecule has 0 aliphatic rings. The van der Waals surface area contributed by atoms with Crippen molar-refractivity contribution in [2.75, 3.05) is 0 Å². The van der Waals surface area contributed by atoms with Crippen molar-refractivity contribution in [3.05, 3.63) is 35.4 Å². The summed E-state index contributed by atoms with van der Waals surface area (Å²) >= 11 is 0. The Labute approximate surface area is 91.9 Å². The summed E-state index contributed by atoms with van der Waals surface area (Å²) in [6.07, 6.45) is 0.285. The maximum Gasteiger partial charge on any atom is 0.308 e. The summed E-state index contributed by atoms with van der Waals surface area (Å²) in [5, 5.41) is 8.87. The van der Waals surface area contributed by atoms with Crippen molar-refractivity contribution in [2.24, 2.45) is 11.7 Å².